The largest absolute Gasteiger partial charge is 0.481 e. The second kappa shape index (κ2) is 9.33. The van der Waals surface area contributed by atoms with Crippen LogP contribution in [-0.4, -0.2) is 53.1 Å². The molecule has 2 atom stereocenters. The summed E-state index contributed by atoms with van der Waals surface area (Å²) in [6, 6.07) is 5.59. The number of hydrogen-bond acceptors (Lipinski definition) is 5. The Labute approximate surface area is 180 Å². The molecule has 9 nitrogen and oxygen atoms in total. The zero-order valence-electron chi connectivity index (χ0n) is 16.7. The number of nitrogens with zero attached hydrogens (tertiary/aromatic N) is 2. The van der Waals surface area contributed by atoms with E-state index in [2.05, 4.69) is 15.7 Å². The first-order valence-electron chi connectivity index (χ1n) is 9.35. The molecule has 3 N–H and O–H groups in total. The van der Waals surface area contributed by atoms with Gasteiger partial charge >= 0.3 is 12.0 Å². The Hall–Kier alpha value is -4.15. The van der Waals surface area contributed by atoms with Crippen molar-refractivity contribution < 1.29 is 33.1 Å². The Bertz CT molecular complexity index is 1120. The molecule has 1 heterocycles. The number of rotatable bonds is 6. The van der Waals surface area contributed by atoms with Gasteiger partial charge in [-0.15, -0.1) is 0 Å². The third-order valence-electron chi connectivity index (χ3n) is 4.70. The van der Waals surface area contributed by atoms with Crippen LogP contribution < -0.4 is 10.6 Å². The summed E-state index contributed by atoms with van der Waals surface area (Å²) in [4.78, 5) is 47.7. The van der Waals surface area contributed by atoms with Gasteiger partial charge in [-0.3, -0.25) is 14.4 Å². The summed E-state index contributed by atoms with van der Waals surface area (Å²) < 4.78 is 27.4. The Balaban J connectivity index is 1.83. The molecule has 0 aromatic heterocycles. The summed E-state index contributed by atoms with van der Waals surface area (Å²) in [6.07, 6.45) is 0.360. The topological polar surface area (TPSA) is 128 Å². The van der Waals surface area contributed by atoms with E-state index in [4.69, 9.17) is 0 Å². The Morgan fingerprint density at radius 3 is 2.62 bits per heavy atom. The van der Waals surface area contributed by atoms with Crippen molar-refractivity contribution >= 4 is 29.9 Å². The van der Waals surface area contributed by atoms with Crippen molar-refractivity contribution in [3.63, 3.8) is 0 Å². The number of likely N-dealkylation sites (N-methyl/N-ethyl adjacent to an activating group) is 1. The lowest BCUT2D eigenvalue weighted by Gasteiger charge is -2.24. The van der Waals surface area contributed by atoms with Crippen molar-refractivity contribution in [2.45, 2.75) is 18.5 Å². The van der Waals surface area contributed by atoms with Crippen LogP contribution >= 0.6 is 0 Å². The van der Waals surface area contributed by atoms with Crippen molar-refractivity contribution in [1.29, 1.82) is 0 Å². The number of benzene rings is 2. The summed E-state index contributed by atoms with van der Waals surface area (Å²) >= 11 is 0. The molecule has 32 heavy (non-hydrogen) atoms. The summed E-state index contributed by atoms with van der Waals surface area (Å²) in [5, 5.41) is 18.3. The highest BCUT2D eigenvalue weighted by atomic mass is 19.1. The molecule has 0 radical (unpaired) electrons. The van der Waals surface area contributed by atoms with Gasteiger partial charge in [-0.1, -0.05) is 18.2 Å². The number of carbonyl (C=O) groups excluding carboxylic acids is 3. The van der Waals surface area contributed by atoms with Crippen LogP contribution in [0.1, 0.15) is 18.0 Å². The molecule has 3 rings (SSSR count). The van der Waals surface area contributed by atoms with Crippen molar-refractivity contribution in [2.24, 2.45) is 5.10 Å². The quantitative estimate of drug-likeness (QED) is 0.586. The lowest BCUT2D eigenvalue weighted by molar-refractivity contribution is -0.138. The number of aliphatic carboxylic acids is 1. The van der Waals surface area contributed by atoms with E-state index < -0.39 is 53.8 Å². The van der Waals surface area contributed by atoms with E-state index in [1.54, 1.807) is 6.07 Å². The number of Topliss-reactive ketones (excluding diaryl/α,β-unsaturated/α-hetero) is 1. The van der Waals surface area contributed by atoms with Crippen LogP contribution in [0.2, 0.25) is 0 Å². The SMILES string of the molecule is CN1N=CC(=O)C(NC(=O)NC(CC(=O)O)c2cccc(-c3ccc(F)cc3F)c2)C1=O. The number of hydrazone groups is 1. The molecule has 3 amide bonds. The molecule has 0 spiro atoms. The van der Waals surface area contributed by atoms with Crippen LogP contribution in [0.25, 0.3) is 11.1 Å². The average Bonchev–Trinajstić information content (AvgIpc) is 2.73. The highest BCUT2D eigenvalue weighted by molar-refractivity contribution is 6.37. The average molecular weight is 444 g/mol. The lowest BCUT2D eigenvalue weighted by atomic mass is 9.97. The standard InChI is InChI=1S/C21H18F2N4O5/c1-27-20(31)19(17(28)10-24-27)26-21(32)25-16(9-18(29)30)12-4-2-3-11(7-12)14-6-5-13(22)8-15(14)23/h2-8,10,16,19H,9H2,1H3,(H,29,30)(H2,25,26,32). The first kappa shape index (κ1) is 22.5. The molecule has 2 aromatic rings. The first-order chi connectivity index (χ1) is 15.2. The normalized spacial score (nSPS) is 16.6. The smallest absolute Gasteiger partial charge is 0.316 e. The van der Waals surface area contributed by atoms with Gasteiger partial charge in [0.05, 0.1) is 18.7 Å². The molecule has 1 aliphatic rings. The molecule has 0 saturated heterocycles. The van der Waals surface area contributed by atoms with Crippen molar-refractivity contribution in [3.05, 3.63) is 59.7 Å². The highest BCUT2D eigenvalue weighted by Gasteiger charge is 2.33. The maximum Gasteiger partial charge on any atom is 0.316 e. The molecule has 0 saturated carbocycles. The zero-order valence-corrected chi connectivity index (χ0v) is 16.7. The number of carboxylic acid groups (broad SMARTS) is 1. The Morgan fingerprint density at radius 2 is 1.94 bits per heavy atom. The van der Waals surface area contributed by atoms with Gasteiger partial charge in [0.1, 0.15) is 11.6 Å². The number of halogens is 2. The van der Waals surface area contributed by atoms with Crippen LogP contribution in [0.5, 0.6) is 0 Å². The van der Waals surface area contributed by atoms with E-state index >= 15 is 0 Å². The monoisotopic (exact) mass is 444 g/mol. The van der Waals surface area contributed by atoms with Gasteiger partial charge < -0.3 is 15.7 Å². The number of carbonyl (C=O) groups is 4. The minimum Gasteiger partial charge on any atom is -0.481 e. The summed E-state index contributed by atoms with van der Waals surface area (Å²) in [5.74, 6) is -4.26. The van der Waals surface area contributed by atoms with Crippen LogP contribution in [0, 0.1) is 11.6 Å². The molecule has 1 aliphatic heterocycles. The van der Waals surface area contributed by atoms with E-state index in [-0.39, 0.29) is 5.56 Å². The van der Waals surface area contributed by atoms with Crippen LogP contribution in [-0.2, 0) is 14.4 Å². The number of carboxylic acids is 1. The van der Waals surface area contributed by atoms with Gasteiger partial charge in [0, 0.05) is 18.7 Å². The molecule has 2 unspecified atom stereocenters. The molecular formula is C21H18F2N4O5. The van der Waals surface area contributed by atoms with E-state index in [9.17, 15) is 33.1 Å². The predicted octanol–water partition coefficient (Wildman–Crippen LogP) is 1.84. The van der Waals surface area contributed by atoms with Gasteiger partial charge in [-0.2, -0.15) is 5.10 Å². The highest BCUT2D eigenvalue weighted by Crippen LogP contribution is 2.27. The number of nitrogens with one attached hydrogen (secondary N) is 2. The molecule has 11 heteroatoms. The zero-order chi connectivity index (χ0) is 23.4. The molecule has 0 aliphatic carbocycles. The first-order valence-corrected chi connectivity index (χ1v) is 9.35. The van der Waals surface area contributed by atoms with Crippen molar-refractivity contribution in [3.8, 4) is 11.1 Å². The van der Waals surface area contributed by atoms with E-state index in [0.717, 1.165) is 23.4 Å². The number of amides is 3. The fourth-order valence-electron chi connectivity index (χ4n) is 3.12. The summed E-state index contributed by atoms with van der Waals surface area (Å²) in [7, 11) is 1.31. The van der Waals surface area contributed by atoms with Gasteiger partial charge in [-0.05, 0) is 29.3 Å². The van der Waals surface area contributed by atoms with Crippen molar-refractivity contribution in [1.82, 2.24) is 15.6 Å². The fraction of sp³-hybridized carbons (Fsp3) is 0.190. The molecule has 2 aromatic carbocycles. The summed E-state index contributed by atoms with van der Waals surface area (Å²) in [5.41, 5.74) is 0.754. The number of ketones is 1. The number of hydrogen-bond donors (Lipinski definition) is 3. The molecule has 166 valence electrons. The van der Waals surface area contributed by atoms with Crippen LogP contribution in [0.3, 0.4) is 0 Å². The fourth-order valence-corrected chi connectivity index (χ4v) is 3.12. The van der Waals surface area contributed by atoms with Gasteiger partial charge in [0.25, 0.3) is 5.91 Å². The maximum atomic E-state index is 14.2. The van der Waals surface area contributed by atoms with E-state index in [0.29, 0.717) is 11.1 Å². The molecular weight excluding hydrogens is 426 g/mol. The summed E-state index contributed by atoms with van der Waals surface area (Å²) in [6.45, 7) is 0. The van der Waals surface area contributed by atoms with Gasteiger partial charge in [-0.25, -0.2) is 18.6 Å². The van der Waals surface area contributed by atoms with Crippen LogP contribution in [0.15, 0.2) is 47.6 Å². The lowest BCUT2D eigenvalue weighted by Crippen LogP contribution is -2.56. The van der Waals surface area contributed by atoms with E-state index in [1.807, 2.05) is 0 Å². The second-order valence-corrected chi connectivity index (χ2v) is 6.96. The van der Waals surface area contributed by atoms with Gasteiger partial charge in [0.15, 0.2) is 6.04 Å². The minimum absolute atomic E-state index is 0.0903. The minimum atomic E-state index is -1.50. The maximum absolute atomic E-state index is 14.2. The molecule has 0 fully saturated rings. The third-order valence-corrected chi connectivity index (χ3v) is 4.70. The second-order valence-electron chi connectivity index (χ2n) is 6.96. The van der Waals surface area contributed by atoms with Gasteiger partial charge in [0.2, 0.25) is 5.78 Å². The van der Waals surface area contributed by atoms with Crippen LogP contribution in [0.4, 0.5) is 13.6 Å². The number of urea groups is 1. The third kappa shape index (κ3) is 5.12. The van der Waals surface area contributed by atoms with Crippen molar-refractivity contribution in [2.75, 3.05) is 7.05 Å². The molecule has 0 bridgehead atoms. The Kier molecular flexibility index (Phi) is 6.57. The Morgan fingerprint density at radius 1 is 1.19 bits per heavy atom. The van der Waals surface area contributed by atoms with E-state index in [1.165, 1.54) is 31.3 Å². The predicted molar refractivity (Wildman–Crippen MR) is 109 cm³/mol.